The second kappa shape index (κ2) is 7.01. The van der Waals surface area contributed by atoms with Crippen molar-refractivity contribution in [1.29, 1.82) is 0 Å². The van der Waals surface area contributed by atoms with Gasteiger partial charge in [-0.15, -0.1) is 0 Å². The van der Waals surface area contributed by atoms with Crippen molar-refractivity contribution >= 4 is 31.3 Å². The zero-order valence-corrected chi connectivity index (χ0v) is 14.3. The molecule has 0 spiro atoms. The molecule has 1 rings (SSSR count). The van der Waals surface area contributed by atoms with Gasteiger partial charge >= 0.3 is 0 Å². The molecule has 114 valence electrons. The third kappa shape index (κ3) is 5.15. The van der Waals surface area contributed by atoms with Crippen LogP contribution in [0.3, 0.4) is 0 Å². The third-order valence-electron chi connectivity index (χ3n) is 3.60. The number of hydrogen-bond acceptors (Lipinski definition) is 3. The Morgan fingerprint density at radius 1 is 1.25 bits per heavy atom. The number of benzene rings is 1. The molecule has 0 amide bonds. The third-order valence-corrected chi connectivity index (χ3v) is 5.20. The highest BCUT2D eigenvalue weighted by molar-refractivity contribution is 8.13. The van der Waals surface area contributed by atoms with Crippen LogP contribution >= 0.6 is 22.3 Å². The average Bonchev–Trinajstić information content (AvgIpc) is 2.37. The molecule has 1 aromatic rings. The summed E-state index contributed by atoms with van der Waals surface area (Å²) in [4.78, 5) is 0. The van der Waals surface area contributed by atoms with Crippen molar-refractivity contribution in [2.45, 2.75) is 33.6 Å². The van der Waals surface area contributed by atoms with Crippen LogP contribution in [0, 0.1) is 12.3 Å². The summed E-state index contributed by atoms with van der Waals surface area (Å²) in [6, 6.07) is 5.50. The molecular weight excluding hydrogens is 319 g/mol. The van der Waals surface area contributed by atoms with E-state index in [1.807, 2.05) is 32.9 Å². The van der Waals surface area contributed by atoms with Crippen LogP contribution < -0.4 is 4.74 Å². The smallest absolute Gasteiger partial charge is 0.233 e. The molecule has 0 atom stereocenters. The zero-order valence-electron chi connectivity index (χ0n) is 11.9. The molecule has 0 heterocycles. The summed E-state index contributed by atoms with van der Waals surface area (Å²) in [5, 5.41) is 0.519. The van der Waals surface area contributed by atoms with E-state index in [0.717, 1.165) is 5.56 Å². The first kappa shape index (κ1) is 17.6. The van der Waals surface area contributed by atoms with Crippen molar-refractivity contribution < 1.29 is 13.2 Å². The van der Waals surface area contributed by atoms with Crippen LogP contribution in [0.25, 0.3) is 0 Å². The summed E-state index contributed by atoms with van der Waals surface area (Å²) >= 11 is 6.08. The zero-order chi connectivity index (χ0) is 15.4. The number of hydrogen-bond donors (Lipinski definition) is 0. The van der Waals surface area contributed by atoms with Crippen LogP contribution in [-0.2, 0) is 9.05 Å². The Balaban J connectivity index is 2.89. The van der Waals surface area contributed by atoms with E-state index in [9.17, 15) is 8.42 Å². The normalized spacial score (nSPS) is 12.4. The van der Waals surface area contributed by atoms with E-state index >= 15 is 0 Å². The lowest BCUT2D eigenvalue weighted by Gasteiger charge is -2.30. The summed E-state index contributed by atoms with van der Waals surface area (Å²) < 4.78 is 28.5. The van der Waals surface area contributed by atoms with Crippen LogP contribution in [-0.4, -0.2) is 20.8 Å². The minimum atomic E-state index is -3.57. The Labute approximate surface area is 130 Å². The molecule has 0 radical (unpaired) electrons. The summed E-state index contributed by atoms with van der Waals surface area (Å²) in [5.74, 6) is 0.475. The minimum absolute atomic E-state index is 0.0992. The molecule has 0 aliphatic carbocycles. The SMILES string of the molecule is CCC(CC)(COc1cc(C)ccc1Cl)CS(=O)(=O)Cl. The second-order valence-corrected chi connectivity index (χ2v) is 8.30. The molecule has 0 fully saturated rings. The molecule has 6 heteroatoms. The van der Waals surface area contributed by atoms with Crippen molar-refractivity contribution in [3.05, 3.63) is 28.8 Å². The van der Waals surface area contributed by atoms with Crippen molar-refractivity contribution in [2.75, 3.05) is 12.4 Å². The largest absolute Gasteiger partial charge is 0.491 e. The van der Waals surface area contributed by atoms with E-state index in [-0.39, 0.29) is 12.4 Å². The molecule has 0 aliphatic rings. The van der Waals surface area contributed by atoms with Crippen molar-refractivity contribution in [3.8, 4) is 5.75 Å². The van der Waals surface area contributed by atoms with Crippen molar-refractivity contribution in [2.24, 2.45) is 5.41 Å². The molecule has 0 saturated heterocycles. The van der Waals surface area contributed by atoms with Gasteiger partial charge < -0.3 is 4.74 Å². The highest BCUT2D eigenvalue weighted by Gasteiger charge is 2.32. The van der Waals surface area contributed by atoms with E-state index in [1.54, 1.807) is 6.07 Å². The van der Waals surface area contributed by atoms with Crippen molar-refractivity contribution in [1.82, 2.24) is 0 Å². The fraction of sp³-hybridized carbons (Fsp3) is 0.571. The molecule has 0 aliphatic heterocycles. The van der Waals surface area contributed by atoms with Gasteiger partial charge in [-0.3, -0.25) is 0 Å². The molecule has 0 bridgehead atoms. The van der Waals surface area contributed by atoms with E-state index in [2.05, 4.69) is 0 Å². The Bertz CT molecular complexity index is 552. The highest BCUT2D eigenvalue weighted by atomic mass is 35.7. The molecule has 0 unspecified atom stereocenters. The van der Waals surface area contributed by atoms with Gasteiger partial charge in [0, 0.05) is 16.1 Å². The fourth-order valence-electron chi connectivity index (χ4n) is 2.02. The van der Waals surface area contributed by atoms with Crippen LogP contribution in [0.15, 0.2) is 18.2 Å². The second-order valence-electron chi connectivity index (χ2n) is 5.11. The van der Waals surface area contributed by atoms with Crippen LogP contribution in [0.4, 0.5) is 0 Å². The van der Waals surface area contributed by atoms with Gasteiger partial charge in [-0.05, 0) is 37.5 Å². The number of aryl methyl sites for hydroxylation is 1. The Morgan fingerprint density at radius 2 is 1.85 bits per heavy atom. The summed E-state index contributed by atoms with van der Waals surface area (Å²) in [6.07, 6.45) is 1.33. The first-order valence-electron chi connectivity index (χ1n) is 6.52. The molecular formula is C14H20Cl2O3S. The van der Waals surface area contributed by atoms with Gasteiger partial charge in [-0.25, -0.2) is 8.42 Å². The Kier molecular flexibility index (Phi) is 6.17. The molecule has 0 saturated carbocycles. The lowest BCUT2D eigenvalue weighted by Crippen LogP contribution is -2.33. The van der Waals surface area contributed by atoms with Gasteiger partial charge in [-0.1, -0.05) is 31.5 Å². The van der Waals surface area contributed by atoms with E-state index in [1.165, 1.54) is 0 Å². The summed E-state index contributed by atoms with van der Waals surface area (Å²) in [7, 11) is 1.83. The molecule has 0 aromatic heterocycles. The lowest BCUT2D eigenvalue weighted by atomic mass is 9.85. The van der Waals surface area contributed by atoms with Crippen LogP contribution in [0.1, 0.15) is 32.3 Å². The number of rotatable bonds is 7. The van der Waals surface area contributed by atoms with Gasteiger partial charge in [0.1, 0.15) is 5.75 Å². The first-order valence-corrected chi connectivity index (χ1v) is 9.38. The number of halogens is 2. The van der Waals surface area contributed by atoms with Gasteiger partial charge in [-0.2, -0.15) is 0 Å². The standard InChI is InChI=1S/C14H20Cl2O3S/c1-4-14(5-2,10-20(16,17)18)9-19-13-8-11(3)6-7-12(13)15/h6-8H,4-5,9-10H2,1-3H3. The predicted octanol–water partition coefficient (Wildman–Crippen LogP) is 4.40. The van der Waals surface area contributed by atoms with Gasteiger partial charge in [0.25, 0.3) is 0 Å². The minimum Gasteiger partial charge on any atom is -0.491 e. The summed E-state index contributed by atoms with van der Waals surface area (Å²) in [6.45, 7) is 6.09. The Hall–Kier alpha value is -0.450. The highest BCUT2D eigenvalue weighted by Crippen LogP contribution is 2.33. The molecule has 3 nitrogen and oxygen atoms in total. The first-order chi connectivity index (χ1) is 9.21. The van der Waals surface area contributed by atoms with Crippen molar-refractivity contribution in [3.63, 3.8) is 0 Å². The monoisotopic (exact) mass is 338 g/mol. The van der Waals surface area contributed by atoms with Crippen LogP contribution in [0.2, 0.25) is 5.02 Å². The molecule has 0 N–H and O–H groups in total. The molecule has 20 heavy (non-hydrogen) atoms. The lowest BCUT2D eigenvalue weighted by molar-refractivity contribution is 0.155. The quantitative estimate of drug-likeness (QED) is 0.692. The maximum absolute atomic E-state index is 11.4. The topological polar surface area (TPSA) is 43.4 Å². The van der Waals surface area contributed by atoms with E-state index < -0.39 is 14.5 Å². The van der Waals surface area contributed by atoms with Gasteiger partial charge in [0.05, 0.1) is 17.4 Å². The summed E-state index contributed by atoms with van der Waals surface area (Å²) in [5.41, 5.74) is 0.543. The maximum atomic E-state index is 11.4. The fourth-order valence-corrected chi connectivity index (χ4v) is 4.11. The van der Waals surface area contributed by atoms with Gasteiger partial charge in [0.2, 0.25) is 9.05 Å². The predicted molar refractivity (Wildman–Crippen MR) is 84.3 cm³/mol. The number of ether oxygens (including phenoxy) is 1. The maximum Gasteiger partial charge on any atom is 0.233 e. The van der Waals surface area contributed by atoms with Crippen LogP contribution in [0.5, 0.6) is 5.75 Å². The van der Waals surface area contributed by atoms with E-state index in [0.29, 0.717) is 23.6 Å². The van der Waals surface area contributed by atoms with Gasteiger partial charge in [0.15, 0.2) is 0 Å². The van der Waals surface area contributed by atoms with E-state index in [4.69, 9.17) is 27.0 Å². The Morgan fingerprint density at radius 3 is 2.35 bits per heavy atom. The average molecular weight is 339 g/mol. The molecule has 1 aromatic carbocycles.